The monoisotopic (exact) mass is 254 g/mol. The predicted octanol–water partition coefficient (Wildman–Crippen LogP) is 3.46. The lowest BCUT2D eigenvalue weighted by Gasteiger charge is -1.87. The molecule has 2 aromatic heterocycles. The van der Waals surface area contributed by atoms with Crippen molar-refractivity contribution in [3.63, 3.8) is 0 Å². The maximum atomic E-state index is 11.5. The van der Waals surface area contributed by atoms with Crippen LogP contribution in [0.3, 0.4) is 0 Å². The normalized spacial score (nSPS) is 10.7. The molecule has 94 valence electrons. The first kappa shape index (κ1) is 11.5. The molecule has 0 aliphatic rings. The second kappa shape index (κ2) is 4.57. The molecule has 0 radical (unpaired) electrons. The van der Waals surface area contributed by atoms with Crippen LogP contribution in [0, 0.1) is 0 Å². The molecule has 0 atom stereocenters. The second-order valence-electron chi connectivity index (χ2n) is 4.14. The Kier molecular flexibility index (Phi) is 2.76. The van der Waals surface area contributed by atoms with Crippen molar-refractivity contribution in [2.24, 2.45) is 0 Å². The highest BCUT2D eigenvalue weighted by atomic mass is 16.4. The van der Waals surface area contributed by atoms with Gasteiger partial charge in [-0.2, -0.15) is 0 Å². The van der Waals surface area contributed by atoms with Crippen LogP contribution in [-0.4, -0.2) is 12.1 Å². The Morgan fingerprint density at radius 1 is 1.21 bits per heavy atom. The zero-order valence-electron chi connectivity index (χ0n) is 9.96. The van der Waals surface area contributed by atoms with Gasteiger partial charge in [-0.3, -0.25) is 4.79 Å². The first-order chi connectivity index (χ1) is 9.28. The lowest BCUT2D eigenvalue weighted by Crippen LogP contribution is -1.96. The number of furan rings is 2. The van der Waals surface area contributed by atoms with Crippen molar-refractivity contribution in [1.29, 1.82) is 0 Å². The van der Waals surface area contributed by atoms with Crippen LogP contribution in [0.4, 0.5) is 0 Å². The van der Waals surface area contributed by atoms with Crippen LogP contribution < -0.4 is 0 Å². The van der Waals surface area contributed by atoms with E-state index in [0.29, 0.717) is 17.6 Å². The molecular weight excluding hydrogens is 244 g/mol. The Hall–Kier alpha value is -2.62. The van der Waals surface area contributed by atoms with Crippen molar-refractivity contribution in [1.82, 2.24) is 0 Å². The van der Waals surface area contributed by atoms with E-state index in [0.717, 1.165) is 11.0 Å². The van der Waals surface area contributed by atoms with Gasteiger partial charge in [0.2, 0.25) is 5.78 Å². The number of para-hydroxylation sites is 1. The molecule has 4 heteroatoms. The molecule has 0 unspecified atom stereocenters. The van der Waals surface area contributed by atoms with Gasteiger partial charge in [-0.15, -0.1) is 0 Å². The molecule has 3 rings (SSSR count). The number of ketones is 1. The van der Waals surface area contributed by atoms with E-state index in [1.165, 1.54) is 6.26 Å². The number of benzene rings is 1. The van der Waals surface area contributed by atoms with Gasteiger partial charge in [0.1, 0.15) is 23.9 Å². The van der Waals surface area contributed by atoms with Gasteiger partial charge in [-0.05, 0) is 18.2 Å². The molecule has 0 fully saturated rings. The van der Waals surface area contributed by atoms with Gasteiger partial charge in [-0.25, -0.2) is 0 Å². The zero-order valence-corrected chi connectivity index (χ0v) is 9.96. The van der Waals surface area contributed by atoms with E-state index in [9.17, 15) is 9.59 Å². The Morgan fingerprint density at radius 2 is 2.05 bits per heavy atom. The highest BCUT2D eigenvalue weighted by molar-refractivity contribution is 6.01. The molecule has 0 aliphatic heterocycles. The predicted molar refractivity (Wildman–Crippen MR) is 68.9 cm³/mol. The van der Waals surface area contributed by atoms with Gasteiger partial charge in [0.15, 0.2) is 5.76 Å². The fraction of sp³-hybridized carbons (Fsp3) is 0.0667. The molecule has 19 heavy (non-hydrogen) atoms. The summed E-state index contributed by atoms with van der Waals surface area (Å²) in [4.78, 5) is 21.8. The summed E-state index contributed by atoms with van der Waals surface area (Å²) in [5.41, 5.74) is 1.46. The number of hydrogen-bond donors (Lipinski definition) is 0. The average Bonchev–Trinajstić information content (AvgIpc) is 3.05. The number of fused-ring (bicyclic) bond motifs is 1. The van der Waals surface area contributed by atoms with Crippen molar-refractivity contribution in [2.75, 3.05) is 0 Å². The summed E-state index contributed by atoms with van der Waals surface area (Å²) in [6, 6.07) is 11.1. The van der Waals surface area contributed by atoms with E-state index in [2.05, 4.69) is 0 Å². The van der Waals surface area contributed by atoms with Gasteiger partial charge in [0.25, 0.3) is 0 Å². The van der Waals surface area contributed by atoms with E-state index < -0.39 is 0 Å². The number of Topliss-reactive ketones (excluding diaryl/α,β-unsaturated/α-hetero) is 1. The first-order valence-electron chi connectivity index (χ1n) is 5.82. The summed E-state index contributed by atoms with van der Waals surface area (Å²) in [6.45, 7) is 0. The third-order valence-corrected chi connectivity index (χ3v) is 2.85. The van der Waals surface area contributed by atoms with E-state index >= 15 is 0 Å². The Balaban J connectivity index is 1.98. The SMILES string of the molecule is O=CCC(=O)c1cc(-c2cc3ccccc3o2)co1. The largest absolute Gasteiger partial charge is 0.460 e. The summed E-state index contributed by atoms with van der Waals surface area (Å²) in [5.74, 6) is 0.468. The van der Waals surface area contributed by atoms with Gasteiger partial charge in [0, 0.05) is 5.39 Å². The molecule has 0 spiro atoms. The van der Waals surface area contributed by atoms with Crippen molar-refractivity contribution in [2.45, 2.75) is 6.42 Å². The minimum absolute atomic E-state index is 0.169. The number of carbonyl (C=O) groups is 2. The van der Waals surface area contributed by atoms with Crippen LogP contribution >= 0.6 is 0 Å². The van der Waals surface area contributed by atoms with E-state index in [1.54, 1.807) is 6.07 Å². The third kappa shape index (κ3) is 2.08. The summed E-state index contributed by atoms with van der Waals surface area (Å²) >= 11 is 0. The molecule has 0 N–H and O–H groups in total. The van der Waals surface area contributed by atoms with Gasteiger partial charge in [0.05, 0.1) is 12.0 Å². The summed E-state index contributed by atoms with van der Waals surface area (Å²) < 4.78 is 10.8. The Bertz CT molecular complexity index is 715. The van der Waals surface area contributed by atoms with E-state index in [4.69, 9.17) is 8.83 Å². The molecule has 0 amide bonds. The summed E-state index contributed by atoms with van der Waals surface area (Å²) in [7, 11) is 0. The standard InChI is InChI=1S/C15H10O4/c16-6-5-12(17)15-8-11(9-18-15)14-7-10-3-1-2-4-13(10)19-14/h1-4,6-9H,5H2. The number of aldehydes is 1. The van der Waals surface area contributed by atoms with Crippen LogP contribution in [0.1, 0.15) is 17.0 Å². The smallest absolute Gasteiger partial charge is 0.205 e. The molecule has 0 bridgehead atoms. The van der Waals surface area contributed by atoms with Gasteiger partial charge in [-0.1, -0.05) is 18.2 Å². The van der Waals surface area contributed by atoms with Crippen LogP contribution in [0.25, 0.3) is 22.3 Å². The number of rotatable bonds is 4. The molecule has 0 aliphatic carbocycles. The molecule has 3 aromatic rings. The lowest BCUT2D eigenvalue weighted by atomic mass is 10.2. The van der Waals surface area contributed by atoms with Crippen molar-refractivity contribution >= 4 is 23.0 Å². The van der Waals surface area contributed by atoms with E-state index in [-0.39, 0.29) is 18.0 Å². The minimum atomic E-state index is -0.336. The van der Waals surface area contributed by atoms with Crippen molar-refractivity contribution < 1.29 is 18.4 Å². The number of carbonyl (C=O) groups excluding carboxylic acids is 2. The fourth-order valence-electron chi connectivity index (χ4n) is 1.91. The maximum Gasteiger partial charge on any atom is 0.205 e. The fourth-order valence-corrected chi connectivity index (χ4v) is 1.91. The van der Waals surface area contributed by atoms with Crippen LogP contribution in [0.5, 0.6) is 0 Å². The average molecular weight is 254 g/mol. The van der Waals surface area contributed by atoms with Crippen LogP contribution in [0.2, 0.25) is 0 Å². The summed E-state index contributed by atoms with van der Waals surface area (Å²) in [6.07, 6.45) is 1.84. The van der Waals surface area contributed by atoms with Crippen molar-refractivity contribution in [3.8, 4) is 11.3 Å². The van der Waals surface area contributed by atoms with Crippen LogP contribution in [-0.2, 0) is 4.79 Å². The highest BCUT2D eigenvalue weighted by Gasteiger charge is 2.14. The lowest BCUT2D eigenvalue weighted by molar-refractivity contribution is -0.107. The molecule has 4 nitrogen and oxygen atoms in total. The van der Waals surface area contributed by atoms with Gasteiger partial charge < -0.3 is 13.6 Å². The molecule has 0 saturated carbocycles. The highest BCUT2D eigenvalue weighted by Crippen LogP contribution is 2.29. The van der Waals surface area contributed by atoms with E-state index in [1.807, 2.05) is 30.3 Å². The van der Waals surface area contributed by atoms with Crippen molar-refractivity contribution in [3.05, 3.63) is 48.4 Å². The first-order valence-corrected chi connectivity index (χ1v) is 5.82. The second-order valence-corrected chi connectivity index (χ2v) is 4.14. The Morgan fingerprint density at radius 3 is 2.84 bits per heavy atom. The van der Waals surface area contributed by atoms with Gasteiger partial charge >= 0.3 is 0 Å². The third-order valence-electron chi connectivity index (χ3n) is 2.85. The van der Waals surface area contributed by atoms with Crippen LogP contribution in [0.15, 0.2) is 51.5 Å². The molecule has 2 heterocycles. The molecule has 1 aromatic carbocycles. The summed E-state index contributed by atoms with van der Waals surface area (Å²) in [5, 5.41) is 0.986. The maximum absolute atomic E-state index is 11.5. The zero-order chi connectivity index (χ0) is 13.2. The molecular formula is C15H10O4. The minimum Gasteiger partial charge on any atom is -0.460 e. The molecule has 0 saturated heterocycles. The topological polar surface area (TPSA) is 60.4 Å². The number of hydrogen-bond acceptors (Lipinski definition) is 4. The quantitative estimate of drug-likeness (QED) is 0.406. The Labute approximate surface area is 108 Å².